The van der Waals surface area contributed by atoms with E-state index in [1.54, 1.807) is 27.0 Å². The molecule has 1 atom stereocenters. The van der Waals surface area contributed by atoms with Crippen molar-refractivity contribution in [3.8, 4) is 0 Å². The first-order chi connectivity index (χ1) is 12.3. The summed E-state index contributed by atoms with van der Waals surface area (Å²) in [7, 11) is -1.15. The molecular weight excluding hydrogens is 372 g/mol. The minimum atomic E-state index is -2.87. The molecule has 2 aliphatic heterocycles. The number of rotatable bonds is 6. The van der Waals surface area contributed by atoms with Gasteiger partial charge in [0.2, 0.25) is 21.8 Å². The first-order valence-electron chi connectivity index (χ1n) is 9.04. The summed E-state index contributed by atoms with van der Waals surface area (Å²) in [5.41, 5.74) is 1.76. The molecule has 4 N–H and O–H groups in total. The van der Waals surface area contributed by atoms with Crippen LogP contribution in [0.2, 0.25) is 0 Å². The van der Waals surface area contributed by atoms with Crippen molar-refractivity contribution in [2.75, 3.05) is 33.0 Å². The summed E-state index contributed by atoms with van der Waals surface area (Å²) in [6.45, 7) is 8.84. The minimum Gasteiger partial charge on any atom is -0.396 e. The molecule has 0 bridgehead atoms. The van der Waals surface area contributed by atoms with Gasteiger partial charge in [0.05, 0.1) is 24.4 Å². The second-order valence-electron chi connectivity index (χ2n) is 8.07. The fraction of sp³-hybridized carbons (Fsp3) is 0.824. The van der Waals surface area contributed by atoms with E-state index in [9.17, 15) is 18.3 Å². The molecule has 158 valence electrons. The topological polar surface area (TPSA) is 120 Å². The smallest absolute Gasteiger partial charge is 0.246 e. The number of carbonyl (C=O) groups is 1. The minimum absolute atomic E-state index is 0.0216. The highest BCUT2D eigenvalue weighted by Crippen LogP contribution is 2.24. The number of amides is 1. The molecule has 0 aliphatic carbocycles. The van der Waals surface area contributed by atoms with Crippen molar-refractivity contribution in [2.45, 2.75) is 52.1 Å². The monoisotopic (exact) mass is 406 g/mol. The predicted molar refractivity (Wildman–Crippen MR) is 104 cm³/mol. The van der Waals surface area contributed by atoms with Gasteiger partial charge in [-0.05, 0) is 39.8 Å². The van der Waals surface area contributed by atoms with Gasteiger partial charge < -0.3 is 15.3 Å². The van der Waals surface area contributed by atoms with Gasteiger partial charge in [-0.3, -0.25) is 10.1 Å². The average molecular weight is 407 g/mol. The molecule has 1 fully saturated rings. The van der Waals surface area contributed by atoms with Gasteiger partial charge >= 0.3 is 0 Å². The Morgan fingerprint density at radius 2 is 1.89 bits per heavy atom. The lowest BCUT2D eigenvalue weighted by atomic mass is 9.86. The Balaban J connectivity index is 0.000000337. The second-order valence-corrected chi connectivity index (χ2v) is 10.1. The molecule has 9 nitrogen and oxygen atoms in total. The molecule has 0 spiro atoms. The van der Waals surface area contributed by atoms with Crippen LogP contribution in [0.4, 0.5) is 0 Å². The third-order valence-corrected chi connectivity index (χ3v) is 6.13. The number of aliphatic hydroxyl groups is 1. The number of aliphatic hydroxyl groups excluding tert-OH is 1. The number of nitrogens with one attached hydrogen (secondary N) is 3. The first-order valence-corrected chi connectivity index (χ1v) is 10.9. The highest BCUT2D eigenvalue weighted by atomic mass is 32.2. The van der Waals surface area contributed by atoms with Crippen LogP contribution >= 0.6 is 0 Å². The molecular formula is C17H34N4O5S. The third-order valence-electron chi connectivity index (χ3n) is 4.83. The van der Waals surface area contributed by atoms with Crippen LogP contribution in [0.1, 0.15) is 40.5 Å². The normalized spacial score (nSPS) is 21.1. The molecule has 1 saturated heterocycles. The number of sulfonamides is 1. The molecule has 27 heavy (non-hydrogen) atoms. The number of hydrogen-bond donors (Lipinski definition) is 4. The Hall–Kier alpha value is -1.20. The van der Waals surface area contributed by atoms with Gasteiger partial charge in [0, 0.05) is 18.5 Å². The Kier molecular flexibility index (Phi) is 8.24. The number of nitrogens with zero attached hydrogens (tertiary/aromatic N) is 1. The predicted octanol–water partition coefficient (Wildman–Crippen LogP) is -0.0943. The van der Waals surface area contributed by atoms with Gasteiger partial charge in [0.15, 0.2) is 0 Å². The van der Waals surface area contributed by atoms with E-state index in [0.717, 1.165) is 25.9 Å². The van der Waals surface area contributed by atoms with Crippen LogP contribution in [-0.2, 0) is 19.7 Å². The quantitative estimate of drug-likeness (QED) is 0.486. The summed E-state index contributed by atoms with van der Waals surface area (Å²) in [5.74, 6) is 0.190. The standard InChI is InChI=1S/C12H23N3O3.C5H11NO2S/c1-11(2,7-16)8-6-9(18-15-8)14-10(17)12(3,4)13-5;1-9(7,8)6-4-2-3-5-6/h6,8,13,15-16H,7H2,1-5H3,(H,14,17);2-5H2,1H3. The van der Waals surface area contributed by atoms with Crippen LogP contribution in [0, 0.1) is 5.41 Å². The Labute approximate surface area is 162 Å². The van der Waals surface area contributed by atoms with E-state index in [1.807, 2.05) is 13.8 Å². The van der Waals surface area contributed by atoms with Gasteiger partial charge in [-0.1, -0.05) is 13.8 Å². The van der Waals surface area contributed by atoms with Gasteiger partial charge in [-0.15, -0.1) is 5.48 Å². The highest BCUT2D eigenvalue weighted by molar-refractivity contribution is 7.88. The Morgan fingerprint density at radius 3 is 2.30 bits per heavy atom. The summed E-state index contributed by atoms with van der Waals surface area (Å²) in [6.07, 6.45) is 5.07. The highest BCUT2D eigenvalue weighted by Gasteiger charge is 2.34. The molecule has 0 saturated carbocycles. The number of likely N-dealkylation sites (N-methyl/N-ethyl adjacent to an activating group) is 1. The van der Waals surface area contributed by atoms with E-state index in [4.69, 9.17) is 4.84 Å². The lowest BCUT2D eigenvalue weighted by Gasteiger charge is -2.26. The van der Waals surface area contributed by atoms with Crippen LogP contribution in [0.25, 0.3) is 0 Å². The van der Waals surface area contributed by atoms with Crippen molar-refractivity contribution < 1.29 is 23.2 Å². The average Bonchev–Trinajstić information content (AvgIpc) is 3.26. The molecule has 10 heteroatoms. The van der Waals surface area contributed by atoms with Crippen LogP contribution in [-0.4, -0.2) is 68.3 Å². The summed E-state index contributed by atoms with van der Waals surface area (Å²) in [4.78, 5) is 17.1. The van der Waals surface area contributed by atoms with Gasteiger partial charge in [-0.2, -0.15) is 0 Å². The summed E-state index contributed by atoms with van der Waals surface area (Å²) < 4.78 is 23.0. The van der Waals surface area contributed by atoms with Gasteiger partial charge in [-0.25, -0.2) is 12.7 Å². The first kappa shape index (κ1) is 23.8. The maximum atomic E-state index is 11.9. The zero-order valence-corrected chi connectivity index (χ0v) is 17.9. The third kappa shape index (κ3) is 7.04. The van der Waals surface area contributed by atoms with Crippen molar-refractivity contribution in [1.29, 1.82) is 0 Å². The van der Waals surface area contributed by atoms with E-state index in [2.05, 4.69) is 16.1 Å². The summed E-state index contributed by atoms with van der Waals surface area (Å²) in [5, 5.41) is 14.9. The summed E-state index contributed by atoms with van der Waals surface area (Å²) in [6, 6.07) is -0.143. The molecule has 0 aromatic rings. The van der Waals surface area contributed by atoms with Crippen molar-refractivity contribution >= 4 is 15.9 Å². The molecule has 0 aromatic carbocycles. The fourth-order valence-electron chi connectivity index (χ4n) is 2.30. The van der Waals surface area contributed by atoms with Crippen molar-refractivity contribution in [2.24, 2.45) is 5.41 Å². The number of hydrogen-bond acceptors (Lipinski definition) is 7. The van der Waals surface area contributed by atoms with Crippen molar-refractivity contribution in [3.63, 3.8) is 0 Å². The zero-order chi connectivity index (χ0) is 20.9. The lowest BCUT2D eigenvalue weighted by Crippen LogP contribution is -2.50. The zero-order valence-electron chi connectivity index (χ0n) is 17.1. The molecule has 1 unspecified atom stereocenters. The number of hydroxylamine groups is 1. The fourth-order valence-corrected chi connectivity index (χ4v) is 3.22. The SMILES string of the molecule is CNC(C)(C)C(=O)NC1=CC(C(C)(C)CO)NO1.CS(=O)(=O)N1CCCC1. The summed E-state index contributed by atoms with van der Waals surface area (Å²) >= 11 is 0. The Bertz CT molecular complexity index is 640. The lowest BCUT2D eigenvalue weighted by molar-refractivity contribution is -0.126. The largest absolute Gasteiger partial charge is 0.396 e. The molecule has 0 radical (unpaired) electrons. The van der Waals surface area contributed by atoms with Crippen molar-refractivity contribution in [3.05, 3.63) is 12.0 Å². The van der Waals surface area contributed by atoms with E-state index in [0.29, 0.717) is 5.88 Å². The van der Waals surface area contributed by atoms with E-state index >= 15 is 0 Å². The van der Waals surface area contributed by atoms with Crippen LogP contribution in [0.3, 0.4) is 0 Å². The van der Waals surface area contributed by atoms with Crippen molar-refractivity contribution in [1.82, 2.24) is 20.4 Å². The Morgan fingerprint density at radius 1 is 1.33 bits per heavy atom. The van der Waals surface area contributed by atoms with E-state index in [-0.39, 0.29) is 24.0 Å². The maximum absolute atomic E-state index is 11.9. The second kappa shape index (κ2) is 9.33. The molecule has 2 heterocycles. The van der Waals surface area contributed by atoms with Crippen LogP contribution < -0.4 is 16.1 Å². The van der Waals surface area contributed by atoms with E-state index < -0.39 is 15.6 Å². The van der Waals surface area contributed by atoms with Gasteiger partial charge in [0.1, 0.15) is 0 Å². The molecule has 1 amide bonds. The van der Waals surface area contributed by atoms with E-state index in [1.165, 1.54) is 10.6 Å². The van der Waals surface area contributed by atoms with Crippen LogP contribution in [0.5, 0.6) is 0 Å². The van der Waals surface area contributed by atoms with Gasteiger partial charge in [0.25, 0.3) is 0 Å². The van der Waals surface area contributed by atoms with Crippen LogP contribution in [0.15, 0.2) is 12.0 Å². The molecule has 0 aromatic heterocycles. The maximum Gasteiger partial charge on any atom is 0.246 e. The molecule has 2 aliphatic rings. The molecule has 2 rings (SSSR count). The number of carbonyl (C=O) groups excluding carboxylic acids is 1.